The molecule has 0 bridgehead atoms. The molecule has 0 spiro atoms. The number of rotatable bonds is 0. The first-order chi connectivity index (χ1) is 1.00. The quantitative estimate of drug-likeness (QED) is 0.510. The molecule has 1 heteroatoms. The molecule has 0 unspecified atom stereocenters. The van der Waals surface area contributed by atoms with Crippen molar-refractivity contribution in [2.45, 2.75) is 52.0 Å². The maximum atomic E-state index is 5.25. The molecule has 64 valence electrons. The van der Waals surface area contributed by atoms with Crippen LogP contribution in [0.15, 0.2) is 0 Å². The van der Waals surface area contributed by atoms with E-state index in [0.717, 1.165) is 0 Å². The van der Waals surface area contributed by atoms with Gasteiger partial charge in [0, 0.05) is 0 Å². The van der Waals surface area contributed by atoms with Crippen LogP contribution in [-0.2, 0) is 0 Å². The Labute approximate surface area is 60.6 Å². The van der Waals surface area contributed by atoms with E-state index in [2.05, 4.69) is 6.14 Å². The van der Waals surface area contributed by atoms with Gasteiger partial charge in [-0.05, 0) is 0 Å². The summed E-state index contributed by atoms with van der Waals surface area (Å²) in [6.07, 6.45) is 3.75. The fourth-order valence-corrected chi connectivity index (χ4v) is 0. The summed E-state index contributed by atoms with van der Waals surface area (Å²) in [5, 5.41) is 0. The van der Waals surface area contributed by atoms with Crippen molar-refractivity contribution >= 4 is 0 Å². The minimum Gasteiger partial charge on any atom is -0.344 e. The van der Waals surface area contributed by atoms with Crippen molar-refractivity contribution in [2.75, 3.05) is 0 Å². The van der Waals surface area contributed by atoms with E-state index in [1.807, 2.05) is 0 Å². The van der Waals surface area contributed by atoms with E-state index in [0.29, 0.717) is 0 Å². The highest BCUT2D eigenvalue weighted by Gasteiger charge is -0.0715. The van der Waals surface area contributed by atoms with Gasteiger partial charge in [0.1, 0.15) is 1.41 Å². The van der Waals surface area contributed by atoms with E-state index in [-0.39, 0.29) is 52.0 Å². The Morgan fingerprint density at radius 1 is 0.500 bits per heavy atom. The highest BCUT2D eigenvalue weighted by atomic mass is 14.0. The lowest BCUT2D eigenvalue weighted by Crippen LogP contribution is -0.481. The summed E-state index contributed by atoms with van der Waals surface area (Å²) < 4.78 is 5.25. The van der Waals surface area contributed by atoms with Gasteiger partial charge < -0.3 is 6.14 Å². The predicted molar refractivity (Wildman–Crippen MR) is 52.1 cm³/mol. The summed E-state index contributed by atoms with van der Waals surface area (Å²) in [6.45, 7) is 0. The van der Waals surface area contributed by atoms with Crippen LogP contribution in [0.3, 0.4) is 0 Å². The fourth-order valence-electron chi connectivity index (χ4n) is 0. The SMILES string of the molecule is C.C.C.C.C.C.C.[2H]N. The molecule has 0 amide bonds. The van der Waals surface area contributed by atoms with E-state index in [1.54, 1.807) is 0 Å². The second-order valence-corrected chi connectivity index (χ2v) is 0. The number of hydrogen-bond donors (Lipinski definition) is 1. The first-order valence-corrected chi connectivity index (χ1v) is 0. The van der Waals surface area contributed by atoms with Gasteiger partial charge in [0.2, 0.25) is 0 Å². The summed E-state index contributed by atoms with van der Waals surface area (Å²) in [4.78, 5) is 0. The van der Waals surface area contributed by atoms with Crippen LogP contribution in [0.2, 0.25) is 1.41 Å². The van der Waals surface area contributed by atoms with Crippen molar-refractivity contribution in [3.05, 3.63) is 0 Å². The molecular formula is C7H31N. The molecule has 0 aliphatic rings. The second-order valence-electron chi connectivity index (χ2n) is 0. The maximum Gasteiger partial charge on any atom is 0.115 e. The van der Waals surface area contributed by atoms with Crippen molar-refractivity contribution in [1.29, 1.82) is 0 Å². The molecule has 0 aromatic heterocycles. The molecule has 0 aromatic rings. The summed E-state index contributed by atoms with van der Waals surface area (Å²) in [7, 11) is 0. The largest absolute Gasteiger partial charge is 0.344 e. The van der Waals surface area contributed by atoms with Crippen LogP contribution in [0.5, 0.6) is 0 Å². The summed E-state index contributed by atoms with van der Waals surface area (Å²) >= 11 is 0. The topological polar surface area (TPSA) is 35.0 Å². The lowest BCUT2D eigenvalue weighted by atomic mass is 12.0. The molecule has 0 aromatic carbocycles. The maximum absolute atomic E-state index is 5.25. The zero-order valence-corrected chi connectivity index (χ0v) is 0.577. The third kappa shape index (κ3) is 91600. The smallest absolute Gasteiger partial charge is 0.115 e. The Bertz CT molecular complexity index is 8.88. The normalized spacial score (nSPS) is 0.875. The first kappa shape index (κ1) is 418. The summed E-state index contributed by atoms with van der Waals surface area (Å²) in [6, 6.07) is 0. The van der Waals surface area contributed by atoms with E-state index in [9.17, 15) is 0 Å². The van der Waals surface area contributed by atoms with E-state index < -0.39 is 0 Å². The lowest BCUT2D eigenvalue weighted by molar-refractivity contribution is 2.13. The van der Waals surface area contributed by atoms with Crippen LogP contribution in [-0.4, -0.2) is 0 Å². The zero-order chi connectivity index (χ0) is 2.00. The fraction of sp³-hybridized carbons (Fsp3) is 1.00. The molecule has 0 rings (SSSR count). The monoisotopic (exact) mass is 130 g/mol. The van der Waals surface area contributed by atoms with Gasteiger partial charge in [-0.1, -0.05) is 52.0 Å². The molecule has 0 saturated heterocycles. The average Bonchev–Trinajstić information content (AvgIpc) is 1.00. The zero-order valence-electron chi connectivity index (χ0n) is 1.58. The molecule has 0 saturated carbocycles. The molecule has 0 fully saturated rings. The van der Waals surface area contributed by atoms with Crippen LogP contribution in [0, 0.1) is 0 Å². The van der Waals surface area contributed by atoms with Crippen LogP contribution in [0.25, 0.3) is 0 Å². The van der Waals surface area contributed by atoms with Crippen molar-refractivity contribution in [2.24, 2.45) is 0 Å². The van der Waals surface area contributed by atoms with Gasteiger partial charge in [0.25, 0.3) is 0 Å². The average molecular weight is 130 g/mol. The minimum atomic E-state index is 0. The Hall–Kier alpha value is -0.0400. The van der Waals surface area contributed by atoms with Crippen LogP contribution < -0.4 is 6.14 Å². The van der Waals surface area contributed by atoms with Crippen LogP contribution >= 0.6 is 0 Å². The molecule has 0 aliphatic carbocycles. The van der Waals surface area contributed by atoms with Gasteiger partial charge >= 0.3 is 0 Å². The minimum absolute atomic E-state index is 0. The Kier molecular flexibility index (Phi) is 8080000. The third-order valence-corrected chi connectivity index (χ3v) is 0. The van der Waals surface area contributed by atoms with E-state index in [1.165, 1.54) is 0 Å². The Morgan fingerprint density at radius 2 is 0.500 bits per heavy atom. The van der Waals surface area contributed by atoms with Crippen molar-refractivity contribution in [3.8, 4) is 0 Å². The van der Waals surface area contributed by atoms with Crippen molar-refractivity contribution in [3.63, 3.8) is 0 Å². The molecule has 1 nitrogen and oxygen atoms in total. The molecule has 0 atom stereocenters. The molecular weight excluding hydrogens is 98.1 g/mol. The number of hydrogen-bond acceptors (Lipinski definition) is 1. The lowest BCUT2D eigenvalue weighted by Gasteiger charge is -0.344. The molecule has 0 heterocycles. The Balaban J connectivity index is -0.000000000238. The molecule has 3 N–H and O–H groups in total. The molecule has 0 radical (unpaired) electrons. The van der Waals surface area contributed by atoms with Gasteiger partial charge in [0.05, 0.1) is 0 Å². The van der Waals surface area contributed by atoms with Crippen molar-refractivity contribution in [1.82, 2.24) is 6.14 Å². The van der Waals surface area contributed by atoms with Gasteiger partial charge in [-0.25, -0.2) is 0 Å². The first-order valence-electron chi connectivity index (χ1n) is 0.577. The van der Waals surface area contributed by atoms with E-state index >= 15 is 0 Å². The van der Waals surface area contributed by atoms with Gasteiger partial charge in [-0.15, -0.1) is 0 Å². The van der Waals surface area contributed by atoms with E-state index in [4.69, 9.17) is 1.41 Å². The van der Waals surface area contributed by atoms with Gasteiger partial charge in [-0.2, -0.15) is 0 Å². The third-order valence-electron chi connectivity index (χ3n) is 0. The van der Waals surface area contributed by atoms with Gasteiger partial charge in [0.15, 0.2) is 0 Å². The summed E-state index contributed by atoms with van der Waals surface area (Å²) in [5.74, 6) is 0. The molecule has 8 heavy (non-hydrogen) atoms. The Morgan fingerprint density at radius 3 is 0.500 bits per heavy atom. The summed E-state index contributed by atoms with van der Waals surface area (Å²) in [5.41, 5.74) is 0. The van der Waals surface area contributed by atoms with Gasteiger partial charge in [-0.3, -0.25) is 0 Å². The van der Waals surface area contributed by atoms with Crippen LogP contribution in [0.1, 0.15) is 52.0 Å². The standard InChI is InChI=1S/7CH4.H3N/h7*1H4;1H3/i/hD. The highest BCUT2D eigenvalue weighted by molar-refractivity contribution is 2.51. The predicted octanol–water partition coefficient (Wildman–Crippen LogP) is 4.61. The van der Waals surface area contributed by atoms with Crippen molar-refractivity contribution < 1.29 is 1.41 Å². The molecule has 0 aliphatic heterocycles. The van der Waals surface area contributed by atoms with Crippen LogP contribution in [0.4, 0.5) is 0 Å². The highest BCUT2D eigenvalue weighted by Crippen LogP contribution is 0.150. The second kappa shape index (κ2) is 155000.